The van der Waals surface area contributed by atoms with Crippen LogP contribution >= 0.6 is 11.8 Å². The topological polar surface area (TPSA) is 75.7 Å². The van der Waals surface area contributed by atoms with Gasteiger partial charge in [0.25, 0.3) is 0 Å². The van der Waals surface area contributed by atoms with Gasteiger partial charge in [-0.15, -0.1) is 11.8 Å². The smallest absolute Gasteiger partial charge is 0.416 e. The van der Waals surface area contributed by atoms with E-state index in [2.05, 4.69) is 5.32 Å². The Morgan fingerprint density at radius 2 is 2.27 bits per heavy atom. The molecule has 2 rings (SSSR count). The molecule has 0 spiro atoms. The molecule has 1 aromatic rings. The first-order valence-electron chi connectivity index (χ1n) is 6.57. The zero-order chi connectivity index (χ0) is 16.3. The number of hydrogen-bond donors (Lipinski definition) is 1. The minimum atomic E-state index is -0.780. The average Bonchev–Trinajstić information content (AvgIpc) is 2.71. The second-order valence-corrected chi connectivity index (χ2v) is 5.77. The Bertz CT molecular complexity index is 611. The van der Waals surface area contributed by atoms with E-state index in [0.717, 1.165) is 11.8 Å². The number of hydrogen-bond acceptors (Lipinski definition) is 5. The molecule has 0 aliphatic carbocycles. The Hall–Kier alpha value is -2.09. The number of cyclic esters (lactones) is 1. The van der Waals surface area contributed by atoms with Crippen LogP contribution in [0.15, 0.2) is 23.1 Å². The van der Waals surface area contributed by atoms with Crippen molar-refractivity contribution in [3.05, 3.63) is 24.0 Å². The maximum Gasteiger partial charge on any atom is 0.416 e. The van der Waals surface area contributed by atoms with Crippen LogP contribution in [0.5, 0.6) is 0 Å². The summed E-state index contributed by atoms with van der Waals surface area (Å²) >= 11 is 1.07. The molecule has 1 N–H and O–H groups in total. The Kier molecular flexibility index (Phi) is 5.02. The van der Waals surface area contributed by atoms with Gasteiger partial charge < -0.3 is 14.8 Å². The standard InChI is InChI=1S/C14H15FN2O4S/c1-8-13(16-9(2)19)21-14(20)17(8)10-3-4-12(11(15)7-10)22-6-5-18/h3-5,7-8,13H,6H2,1-2H3,(H,16,19)/t8?,13-/m0/s1. The van der Waals surface area contributed by atoms with Crippen molar-refractivity contribution in [1.29, 1.82) is 0 Å². The predicted octanol–water partition coefficient (Wildman–Crippen LogP) is 1.92. The minimum Gasteiger partial charge on any atom is -0.423 e. The lowest BCUT2D eigenvalue weighted by Gasteiger charge is -2.21. The van der Waals surface area contributed by atoms with Crippen molar-refractivity contribution in [3.8, 4) is 0 Å². The summed E-state index contributed by atoms with van der Waals surface area (Å²) in [6.45, 7) is 3.01. The van der Waals surface area contributed by atoms with Crippen molar-refractivity contribution in [2.45, 2.75) is 31.0 Å². The second-order valence-electron chi connectivity index (χ2n) is 4.71. The molecule has 1 aliphatic heterocycles. The number of nitrogens with one attached hydrogen (secondary N) is 1. The molecule has 22 heavy (non-hydrogen) atoms. The third kappa shape index (κ3) is 3.38. The minimum absolute atomic E-state index is 0.156. The number of nitrogens with zero attached hydrogens (tertiary/aromatic N) is 1. The molecule has 1 saturated heterocycles. The third-order valence-corrected chi connectivity index (χ3v) is 4.06. The zero-order valence-electron chi connectivity index (χ0n) is 12.0. The number of halogens is 1. The van der Waals surface area contributed by atoms with E-state index in [9.17, 15) is 18.8 Å². The highest BCUT2D eigenvalue weighted by Crippen LogP contribution is 2.30. The van der Waals surface area contributed by atoms with Crippen LogP contribution in [0.3, 0.4) is 0 Å². The summed E-state index contributed by atoms with van der Waals surface area (Å²) < 4.78 is 19.1. The van der Waals surface area contributed by atoms with Gasteiger partial charge in [-0.05, 0) is 25.1 Å². The van der Waals surface area contributed by atoms with Gasteiger partial charge in [-0.25, -0.2) is 9.18 Å². The normalized spacial score (nSPS) is 20.7. The summed E-state index contributed by atoms with van der Waals surface area (Å²) in [6, 6.07) is 3.82. The van der Waals surface area contributed by atoms with E-state index >= 15 is 0 Å². The van der Waals surface area contributed by atoms with Gasteiger partial charge >= 0.3 is 6.09 Å². The first kappa shape index (κ1) is 16.3. The second kappa shape index (κ2) is 6.78. The molecule has 0 saturated carbocycles. The predicted molar refractivity (Wildman–Crippen MR) is 79.2 cm³/mol. The van der Waals surface area contributed by atoms with E-state index < -0.39 is 24.2 Å². The fourth-order valence-electron chi connectivity index (χ4n) is 2.14. The number of carbonyl (C=O) groups excluding carboxylic acids is 3. The molecule has 118 valence electrons. The van der Waals surface area contributed by atoms with Crippen molar-refractivity contribution < 1.29 is 23.5 Å². The monoisotopic (exact) mass is 326 g/mol. The number of benzene rings is 1. The molecule has 1 unspecified atom stereocenters. The van der Waals surface area contributed by atoms with E-state index in [1.165, 1.54) is 24.0 Å². The molecule has 0 radical (unpaired) electrons. The fourth-order valence-corrected chi connectivity index (χ4v) is 2.75. The van der Waals surface area contributed by atoms with E-state index in [-0.39, 0.29) is 11.7 Å². The Labute approximate surface area is 131 Å². The van der Waals surface area contributed by atoms with Crippen molar-refractivity contribution >= 4 is 35.7 Å². The lowest BCUT2D eigenvalue weighted by molar-refractivity contribution is -0.121. The Morgan fingerprint density at radius 3 is 2.86 bits per heavy atom. The van der Waals surface area contributed by atoms with Gasteiger partial charge in [0.2, 0.25) is 5.91 Å². The number of aldehydes is 1. The highest BCUT2D eigenvalue weighted by Gasteiger charge is 2.40. The largest absolute Gasteiger partial charge is 0.423 e. The summed E-state index contributed by atoms with van der Waals surface area (Å²) in [4.78, 5) is 34.9. The highest BCUT2D eigenvalue weighted by molar-refractivity contribution is 7.99. The van der Waals surface area contributed by atoms with Crippen LogP contribution in [0, 0.1) is 5.82 Å². The maximum atomic E-state index is 14.0. The van der Waals surface area contributed by atoms with Gasteiger partial charge in [0.05, 0.1) is 17.5 Å². The number of amides is 2. The highest BCUT2D eigenvalue weighted by atomic mass is 32.2. The van der Waals surface area contributed by atoms with Crippen molar-refractivity contribution in [2.24, 2.45) is 0 Å². The number of ether oxygens (including phenoxy) is 1. The summed E-state index contributed by atoms with van der Waals surface area (Å²) in [5.74, 6) is -0.686. The van der Waals surface area contributed by atoms with Crippen LogP contribution in [0.4, 0.5) is 14.9 Å². The van der Waals surface area contributed by atoms with Gasteiger partial charge in [0.1, 0.15) is 12.1 Å². The summed E-state index contributed by atoms with van der Waals surface area (Å²) in [6.07, 6.45) is -0.744. The van der Waals surface area contributed by atoms with E-state index in [1.807, 2.05) is 0 Å². The van der Waals surface area contributed by atoms with Crippen LogP contribution < -0.4 is 10.2 Å². The van der Waals surface area contributed by atoms with Crippen LogP contribution in [0.2, 0.25) is 0 Å². The molecular formula is C14H15FN2O4S. The van der Waals surface area contributed by atoms with Crippen molar-refractivity contribution in [3.63, 3.8) is 0 Å². The Morgan fingerprint density at radius 1 is 1.55 bits per heavy atom. The Balaban J connectivity index is 2.20. The molecule has 6 nitrogen and oxygen atoms in total. The number of rotatable bonds is 5. The van der Waals surface area contributed by atoms with Gasteiger partial charge in [0, 0.05) is 11.8 Å². The van der Waals surface area contributed by atoms with E-state index in [4.69, 9.17) is 4.74 Å². The molecule has 0 bridgehead atoms. The summed E-state index contributed by atoms with van der Waals surface area (Å²) in [5, 5.41) is 2.52. The van der Waals surface area contributed by atoms with Crippen molar-refractivity contribution in [1.82, 2.24) is 5.32 Å². The molecule has 2 amide bonds. The van der Waals surface area contributed by atoms with Crippen molar-refractivity contribution in [2.75, 3.05) is 10.7 Å². The van der Waals surface area contributed by atoms with E-state index in [0.29, 0.717) is 16.9 Å². The van der Waals surface area contributed by atoms with Crippen LogP contribution in [0.25, 0.3) is 0 Å². The molecule has 0 aromatic heterocycles. The fraction of sp³-hybridized carbons (Fsp3) is 0.357. The quantitative estimate of drug-likeness (QED) is 0.661. The first-order chi connectivity index (χ1) is 10.4. The number of carbonyl (C=O) groups is 3. The summed E-state index contributed by atoms with van der Waals surface area (Å²) in [5.41, 5.74) is 0.332. The van der Waals surface area contributed by atoms with Crippen LogP contribution in [-0.2, 0) is 14.3 Å². The number of anilines is 1. The zero-order valence-corrected chi connectivity index (χ0v) is 12.9. The molecular weight excluding hydrogens is 311 g/mol. The molecule has 1 fully saturated rings. The molecule has 1 aromatic carbocycles. The molecule has 1 heterocycles. The van der Waals surface area contributed by atoms with E-state index in [1.54, 1.807) is 13.0 Å². The maximum absolute atomic E-state index is 14.0. The van der Waals surface area contributed by atoms with Crippen LogP contribution in [0.1, 0.15) is 13.8 Å². The lowest BCUT2D eigenvalue weighted by Crippen LogP contribution is -2.43. The average molecular weight is 326 g/mol. The molecule has 1 aliphatic rings. The molecule has 8 heteroatoms. The van der Waals surface area contributed by atoms with Gasteiger partial charge in [-0.1, -0.05) is 0 Å². The lowest BCUT2D eigenvalue weighted by atomic mass is 10.2. The van der Waals surface area contributed by atoms with Gasteiger partial charge in [0.15, 0.2) is 6.23 Å². The van der Waals surface area contributed by atoms with Gasteiger partial charge in [-0.3, -0.25) is 9.69 Å². The van der Waals surface area contributed by atoms with Gasteiger partial charge in [-0.2, -0.15) is 0 Å². The number of thioether (sulfide) groups is 1. The summed E-state index contributed by atoms with van der Waals surface area (Å²) in [7, 11) is 0. The molecule has 2 atom stereocenters. The third-order valence-electron chi connectivity index (χ3n) is 3.12. The first-order valence-corrected chi connectivity index (χ1v) is 7.55. The SMILES string of the molecule is CC(=O)N[C@H]1OC(=O)N(c2ccc(SCC=O)c(F)c2)C1C. The van der Waals surface area contributed by atoms with Crippen LogP contribution in [-0.4, -0.2) is 36.3 Å².